The highest BCUT2D eigenvalue weighted by Crippen LogP contribution is 2.46. The molecule has 0 unspecified atom stereocenters. The maximum Gasteiger partial charge on any atom is 0.573 e. The van der Waals surface area contributed by atoms with Crippen molar-refractivity contribution >= 4 is 55.0 Å². The van der Waals surface area contributed by atoms with Gasteiger partial charge in [0.2, 0.25) is 21.8 Å². The Morgan fingerprint density at radius 1 is 0.716 bits per heavy atom. The van der Waals surface area contributed by atoms with Crippen molar-refractivity contribution in [3.05, 3.63) is 115 Å². The van der Waals surface area contributed by atoms with Crippen molar-refractivity contribution in [1.29, 1.82) is 0 Å². The molecule has 0 bridgehead atoms. The highest BCUT2D eigenvalue weighted by Gasteiger charge is 2.31. The molecule has 16 nitrogen and oxygen atoms in total. The van der Waals surface area contributed by atoms with Gasteiger partial charge in [-0.15, -0.1) is 13.2 Å². The number of carbonyl (C=O) groups excluding carboxylic acids is 2. The van der Waals surface area contributed by atoms with Crippen LogP contribution in [0, 0.1) is 0 Å². The lowest BCUT2D eigenvalue weighted by Gasteiger charge is -2.33. The van der Waals surface area contributed by atoms with Crippen molar-refractivity contribution in [2.24, 2.45) is 0 Å². The highest BCUT2D eigenvalue weighted by molar-refractivity contribution is 7.89. The van der Waals surface area contributed by atoms with Crippen LogP contribution in [0.25, 0.3) is 21.8 Å². The van der Waals surface area contributed by atoms with Gasteiger partial charge in [-0.05, 0) is 84.6 Å². The van der Waals surface area contributed by atoms with Gasteiger partial charge in [-0.1, -0.05) is 30.3 Å². The zero-order chi connectivity index (χ0) is 47.1. The standard InChI is InChI=1S/C47H51F3N6O10S/c48-47(49,50)66-35-9-11-36(12-10-35)67(59,60)54-17-3-20-56-41-4-1-2-5-43(41)65-44-29-34(7-14-42(44)56)30-53-46(58)32-64-27-26-63-25-24-62-23-22-61-21-19-52-45(57)15-8-33-6-13-37-38-31-51-18-16-39(38)55-40(37)28-33/h1-2,4-7,9-14,16,18,28-29,31,54-55H,3,8,15,17,19-27,30,32H2,(H,52,57)(H,53,58). The maximum atomic E-state index is 12.8. The largest absolute Gasteiger partial charge is 0.573 e. The fraction of sp³-hybridized carbons (Fsp3) is 0.340. The van der Waals surface area contributed by atoms with Gasteiger partial charge in [0.15, 0.2) is 11.5 Å². The lowest BCUT2D eigenvalue weighted by atomic mass is 10.1. The second kappa shape index (κ2) is 23.4. The Morgan fingerprint density at radius 3 is 2.21 bits per heavy atom. The van der Waals surface area contributed by atoms with Crippen LogP contribution in [0.2, 0.25) is 0 Å². The Hall–Kier alpha value is -6.29. The van der Waals surface area contributed by atoms with Gasteiger partial charge in [0.05, 0.1) is 62.5 Å². The molecule has 3 heterocycles. The number of aryl methyl sites for hydroxylation is 1. The molecule has 0 radical (unpaired) electrons. The topological polar surface area (TPSA) is 192 Å². The van der Waals surface area contributed by atoms with Crippen LogP contribution in [0.15, 0.2) is 108 Å². The van der Waals surface area contributed by atoms with Gasteiger partial charge in [0, 0.05) is 66.8 Å². The number of fused-ring (bicyclic) bond motifs is 5. The van der Waals surface area contributed by atoms with Crippen LogP contribution in [-0.4, -0.2) is 109 Å². The summed E-state index contributed by atoms with van der Waals surface area (Å²) in [5, 5.41) is 7.91. The van der Waals surface area contributed by atoms with E-state index < -0.39 is 22.1 Å². The third kappa shape index (κ3) is 14.4. The molecular weight excluding hydrogens is 898 g/mol. The number of alkyl halides is 3. The molecule has 0 saturated heterocycles. The van der Waals surface area contributed by atoms with Gasteiger partial charge in [-0.3, -0.25) is 14.6 Å². The van der Waals surface area contributed by atoms with E-state index >= 15 is 0 Å². The van der Waals surface area contributed by atoms with E-state index in [1.54, 1.807) is 6.20 Å². The quantitative estimate of drug-likeness (QED) is 0.0424. The van der Waals surface area contributed by atoms with E-state index in [0.717, 1.165) is 68.6 Å². The molecule has 0 atom stereocenters. The fourth-order valence-electron chi connectivity index (χ4n) is 7.21. The predicted molar refractivity (Wildman–Crippen MR) is 243 cm³/mol. The number of anilines is 2. The number of hydrogen-bond donors (Lipinski definition) is 4. The number of nitrogens with one attached hydrogen (secondary N) is 4. The highest BCUT2D eigenvalue weighted by atomic mass is 32.2. The SMILES string of the molecule is O=C(CCc1ccc2c(c1)[nH]c1ccncc12)NCCOCCOCCOCCOCC(=O)NCc1ccc2c(c1)Oc1ccccc1N2CCCNS(=O)(=O)c1ccc(OC(F)(F)F)cc1. The Bertz CT molecular complexity index is 2700. The molecule has 67 heavy (non-hydrogen) atoms. The number of ether oxygens (including phenoxy) is 6. The second-order valence-corrected chi connectivity index (χ2v) is 17.0. The van der Waals surface area contributed by atoms with E-state index in [1.165, 1.54) is 0 Å². The van der Waals surface area contributed by atoms with Crippen molar-refractivity contribution in [2.45, 2.75) is 37.1 Å². The van der Waals surface area contributed by atoms with E-state index in [-0.39, 0.29) is 49.6 Å². The number of hydrogen-bond acceptors (Lipinski definition) is 12. The van der Waals surface area contributed by atoms with Crippen LogP contribution in [0.4, 0.5) is 24.5 Å². The summed E-state index contributed by atoms with van der Waals surface area (Å²) >= 11 is 0. The number of carbonyl (C=O) groups is 2. The number of benzene rings is 4. The van der Waals surface area contributed by atoms with Crippen LogP contribution in [0.1, 0.15) is 24.0 Å². The molecule has 2 amide bonds. The van der Waals surface area contributed by atoms with Gasteiger partial charge in [0.1, 0.15) is 12.4 Å². The summed E-state index contributed by atoms with van der Waals surface area (Å²) in [6.45, 7) is 3.30. The average molecular weight is 949 g/mol. The number of amides is 2. The third-order valence-corrected chi connectivity index (χ3v) is 11.9. The minimum absolute atomic E-state index is 0.0357. The molecule has 356 valence electrons. The molecular formula is C47H51F3N6O10S. The summed E-state index contributed by atoms with van der Waals surface area (Å²) < 4.78 is 97.6. The van der Waals surface area contributed by atoms with Gasteiger partial charge in [-0.2, -0.15) is 0 Å². The number of aromatic amines is 1. The summed E-state index contributed by atoms with van der Waals surface area (Å²) in [6, 6.07) is 25.1. The fourth-order valence-corrected chi connectivity index (χ4v) is 8.28. The van der Waals surface area contributed by atoms with Gasteiger partial charge in [0.25, 0.3) is 0 Å². The zero-order valence-electron chi connectivity index (χ0n) is 36.4. The maximum absolute atomic E-state index is 12.8. The molecule has 6 aromatic rings. The van der Waals surface area contributed by atoms with E-state index in [4.69, 9.17) is 23.7 Å². The lowest BCUT2D eigenvalue weighted by Crippen LogP contribution is -2.29. The number of H-pyrrole nitrogens is 1. The number of nitrogens with zero attached hydrogens (tertiary/aromatic N) is 2. The molecule has 4 N–H and O–H groups in total. The summed E-state index contributed by atoms with van der Waals surface area (Å²) in [5.41, 5.74) is 5.46. The molecule has 1 aliphatic rings. The number of rotatable bonds is 26. The first kappa shape index (κ1) is 48.6. The molecule has 4 aromatic carbocycles. The van der Waals surface area contributed by atoms with Crippen LogP contribution < -0.4 is 29.7 Å². The molecule has 2 aromatic heterocycles. The number of sulfonamides is 1. The predicted octanol–water partition coefficient (Wildman–Crippen LogP) is 6.66. The number of halogens is 3. The smallest absolute Gasteiger partial charge is 0.453 e. The first-order chi connectivity index (χ1) is 32.4. The summed E-state index contributed by atoms with van der Waals surface area (Å²) in [4.78, 5) is 34.2. The molecule has 0 saturated carbocycles. The minimum atomic E-state index is -4.89. The zero-order valence-corrected chi connectivity index (χ0v) is 37.3. The summed E-state index contributed by atoms with van der Waals surface area (Å²) in [5.74, 6) is 0.294. The summed E-state index contributed by atoms with van der Waals surface area (Å²) in [7, 11) is -3.99. The van der Waals surface area contributed by atoms with Crippen molar-refractivity contribution in [1.82, 2.24) is 25.3 Å². The average Bonchev–Trinajstić information content (AvgIpc) is 3.69. The van der Waals surface area contributed by atoms with Gasteiger partial charge in [-0.25, -0.2) is 13.1 Å². The Kier molecular flexibility index (Phi) is 17.0. The van der Waals surface area contributed by atoms with Gasteiger partial charge < -0.3 is 48.9 Å². The van der Waals surface area contributed by atoms with Crippen molar-refractivity contribution in [3.63, 3.8) is 0 Å². The molecule has 0 fully saturated rings. The van der Waals surface area contributed by atoms with Gasteiger partial charge >= 0.3 is 6.36 Å². The monoisotopic (exact) mass is 948 g/mol. The number of aromatic nitrogens is 2. The third-order valence-electron chi connectivity index (χ3n) is 10.4. The Morgan fingerprint density at radius 2 is 1.43 bits per heavy atom. The van der Waals surface area contributed by atoms with Crippen molar-refractivity contribution in [3.8, 4) is 17.2 Å². The van der Waals surface area contributed by atoms with Crippen LogP contribution in [-0.2, 0) is 51.5 Å². The normalized spacial score (nSPS) is 12.4. The molecule has 7 rings (SSSR count). The first-order valence-electron chi connectivity index (χ1n) is 21.6. The Balaban J connectivity index is 0.707. The van der Waals surface area contributed by atoms with Crippen molar-refractivity contribution < 1.29 is 59.6 Å². The van der Waals surface area contributed by atoms with E-state index in [0.29, 0.717) is 76.9 Å². The molecule has 0 aliphatic carbocycles. The van der Waals surface area contributed by atoms with Crippen LogP contribution in [0.5, 0.6) is 17.2 Å². The first-order valence-corrected chi connectivity index (χ1v) is 23.1. The van der Waals surface area contributed by atoms with Crippen LogP contribution >= 0.6 is 0 Å². The van der Waals surface area contributed by atoms with Crippen molar-refractivity contribution in [2.75, 3.05) is 77.4 Å². The van der Waals surface area contributed by atoms with E-state index in [1.807, 2.05) is 65.7 Å². The van der Waals surface area contributed by atoms with Crippen LogP contribution in [0.3, 0.4) is 0 Å². The Labute approximate surface area is 385 Å². The molecule has 20 heteroatoms. The summed E-state index contributed by atoms with van der Waals surface area (Å²) in [6.07, 6.45) is 0.113. The van der Waals surface area contributed by atoms with E-state index in [2.05, 4.69) is 42.2 Å². The number of pyridine rings is 1. The second-order valence-electron chi connectivity index (χ2n) is 15.2. The minimum Gasteiger partial charge on any atom is -0.453 e. The number of para-hydroxylation sites is 2. The molecule has 0 spiro atoms. The van der Waals surface area contributed by atoms with E-state index in [9.17, 15) is 31.2 Å². The molecule has 1 aliphatic heterocycles. The lowest BCUT2D eigenvalue weighted by molar-refractivity contribution is -0.274.